The van der Waals surface area contributed by atoms with Crippen LogP contribution in [0.3, 0.4) is 0 Å². The third-order valence-corrected chi connectivity index (χ3v) is 0.630. The molecule has 0 aliphatic rings. The molecular weight excluding hydrogens is 157 g/mol. The minimum absolute atomic E-state index is 0. The summed E-state index contributed by atoms with van der Waals surface area (Å²) in [4.78, 5) is 0. The third kappa shape index (κ3) is 3.19. The molecule has 44 valence electrons. The van der Waals surface area contributed by atoms with Crippen molar-refractivity contribution in [2.24, 2.45) is 0 Å². The Bertz CT molecular complexity index is 217. The van der Waals surface area contributed by atoms with Gasteiger partial charge in [0.2, 0.25) is 0 Å². The molecule has 6 heteroatoms. The molecule has 0 aliphatic heterocycles. The van der Waals surface area contributed by atoms with Crippen molar-refractivity contribution in [3.8, 4) is 6.19 Å². The van der Waals surface area contributed by atoms with E-state index in [-0.39, 0.29) is 57.2 Å². The second kappa shape index (κ2) is 5.70. The van der Waals surface area contributed by atoms with Gasteiger partial charge in [0, 0.05) is 0 Å². The van der Waals surface area contributed by atoms with Crippen LogP contribution in [-0.4, -0.2) is 15.4 Å². The molecule has 1 rings (SSSR count). The smallest absolute Gasteiger partial charge is 0.404 e. The van der Waals surface area contributed by atoms with Gasteiger partial charge in [-0.05, 0) is 11.0 Å². The summed E-state index contributed by atoms with van der Waals surface area (Å²) in [7, 11) is 0. The first-order valence-corrected chi connectivity index (χ1v) is 2.14. The second-order valence-corrected chi connectivity index (χ2v) is 1.16. The van der Waals surface area contributed by atoms with E-state index in [9.17, 15) is 0 Å². The van der Waals surface area contributed by atoms with Crippen LogP contribution in [0.2, 0.25) is 0 Å². The molecule has 0 radical (unpaired) electrons. The van der Waals surface area contributed by atoms with Crippen LogP contribution in [-0.2, 0) is 0 Å². The van der Waals surface area contributed by atoms with Crippen molar-refractivity contribution in [1.29, 1.82) is 5.26 Å². The van der Waals surface area contributed by atoms with Crippen molar-refractivity contribution in [2.75, 3.05) is 5.32 Å². The zero-order chi connectivity index (χ0) is 6.53. The molecule has 0 aliphatic carbocycles. The Balaban J connectivity index is 0.000000810. The molecule has 1 N–H and O–H groups in total. The van der Waals surface area contributed by atoms with Crippen molar-refractivity contribution in [3.63, 3.8) is 0 Å². The van der Waals surface area contributed by atoms with E-state index < -0.39 is 0 Å². The van der Waals surface area contributed by atoms with Gasteiger partial charge in [-0.1, -0.05) is 0 Å². The number of anilines is 1. The summed E-state index contributed by atoms with van der Waals surface area (Å²) in [6.45, 7) is 0. The van der Waals surface area contributed by atoms with Crippen LogP contribution < -0.4 is 56.7 Å². The van der Waals surface area contributed by atoms with Crippen LogP contribution in [0, 0.1) is 17.5 Å². The van der Waals surface area contributed by atoms with Gasteiger partial charge in [0.25, 0.3) is 0 Å². The predicted octanol–water partition coefficient (Wildman–Crippen LogP) is -3.43. The normalized spacial score (nSPS) is 7.10. The first kappa shape index (κ1) is 9.94. The van der Waals surface area contributed by atoms with Crippen LogP contribution in [0.15, 0.2) is 6.20 Å². The number of rotatable bonds is 1. The Labute approximate surface area is 100 Å². The minimum atomic E-state index is 0. The molecule has 0 saturated heterocycles. The molecule has 1 aromatic heterocycles. The molecule has 0 unspecified atom stereocenters. The number of aromatic nitrogens is 3. The van der Waals surface area contributed by atoms with Crippen LogP contribution in [0.25, 0.3) is 0 Å². The summed E-state index contributed by atoms with van der Waals surface area (Å²) >= 11 is 0. The molecule has 5 nitrogen and oxygen atoms in total. The van der Waals surface area contributed by atoms with E-state index in [1.807, 2.05) is 0 Å². The maximum Gasteiger partial charge on any atom is 1.00 e. The quantitative estimate of drug-likeness (QED) is 0.200. The Morgan fingerprint density at radius 3 is 3.00 bits per heavy atom. The molecule has 0 spiro atoms. The summed E-state index contributed by atoms with van der Waals surface area (Å²) in [5, 5.41) is 20.3. The second-order valence-electron chi connectivity index (χ2n) is 1.16. The van der Waals surface area contributed by atoms with Gasteiger partial charge in [0.05, 0.1) is 0 Å². The zero-order valence-corrected chi connectivity index (χ0v) is 8.49. The van der Waals surface area contributed by atoms with Crippen LogP contribution in [0.1, 0.15) is 0 Å². The Kier molecular flexibility index (Phi) is 5.66. The molecule has 1 aromatic rings. The average Bonchev–Trinajstić information content (AvgIpc) is 1.91. The van der Waals surface area contributed by atoms with Crippen molar-refractivity contribution in [3.05, 3.63) is 12.3 Å². The van der Waals surface area contributed by atoms with E-state index in [1.165, 1.54) is 6.20 Å². The first-order chi connectivity index (χ1) is 4.43. The van der Waals surface area contributed by atoms with Crippen molar-refractivity contribution in [1.82, 2.24) is 15.4 Å². The topological polar surface area (TPSA) is 74.5 Å². The fourth-order valence-corrected chi connectivity index (χ4v) is 0.329. The summed E-state index contributed by atoms with van der Waals surface area (Å²) in [6.07, 6.45) is 3.00. The summed E-state index contributed by atoms with van der Waals surface area (Å²) < 4.78 is 0. The van der Waals surface area contributed by atoms with Crippen LogP contribution in [0.4, 0.5) is 5.82 Å². The largest absolute Gasteiger partial charge is 1.00 e. The third-order valence-electron chi connectivity index (χ3n) is 0.630. The number of nitrogens with one attached hydrogen (secondary N) is 1. The standard InChI is InChI=1S/C4H2N5.K/c5-3-6-4-1-2-7-9-8-4;/h2H,(H,6,7,8);/q-1;+1. The van der Waals surface area contributed by atoms with E-state index in [0.717, 1.165) is 0 Å². The van der Waals surface area contributed by atoms with Gasteiger partial charge < -0.3 is 11.4 Å². The van der Waals surface area contributed by atoms with Crippen molar-refractivity contribution < 1.29 is 51.4 Å². The maximum atomic E-state index is 8.05. The van der Waals surface area contributed by atoms with Gasteiger partial charge >= 0.3 is 51.4 Å². The van der Waals surface area contributed by atoms with Crippen LogP contribution >= 0.6 is 0 Å². The van der Waals surface area contributed by atoms with E-state index in [2.05, 4.69) is 26.8 Å². The molecule has 0 fully saturated rings. The molecule has 1 heterocycles. The molecule has 0 saturated carbocycles. The van der Waals surface area contributed by atoms with E-state index in [1.54, 1.807) is 6.19 Å². The number of hydrogen-bond donors (Lipinski definition) is 1. The zero-order valence-electron chi connectivity index (χ0n) is 5.37. The van der Waals surface area contributed by atoms with Gasteiger partial charge in [0.1, 0.15) is 0 Å². The number of nitrogens with zero attached hydrogens (tertiary/aromatic N) is 4. The predicted molar refractivity (Wildman–Crippen MR) is 27.9 cm³/mol. The van der Waals surface area contributed by atoms with E-state index in [4.69, 9.17) is 5.26 Å². The van der Waals surface area contributed by atoms with Gasteiger partial charge in [-0.15, -0.1) is 6.20 Å². The van der Waals surface area contributed by atoms with Crippen LogP contribution in [0.5, 0.6) is 0 Å². The van der Waals surface area contributed by atoms with Crippen molar-refractivity contribution >= 4 is 5.82 Å². The minimum Gasteiger partial charge on any atom is -0.404 e. The first-order valence-electron chi connectivity index (χ1n) is 2.14. The summed E-state index contributed by atoms with van der Waals surface area (Å²) in [5.74, 6) is 0.285. The summed E-state index contributed by atoms with van der Waals surface area (Å²) in [6, 6.07) is 2.55. The van der Waals surface area contributed by atoms with Gasteiger partial charge in [-0.25, -0.2) is 0 Å². The SMILES string of the molecule is N#CNc1[c-]cnnn1.[K+]. The Hall–Kier alpha value is -0.0636. The van der Waals surface area contributed by atoms with Gasteiger partial charge in [-0.3, -0.25) is 0 Å². The number of hydrogen-bond acceptors (Lipinski definition) is 5. The molecule has 0 amide bonds. The van der Waals surface area contributed by atoms with E-state index >= 15 is 0 Å². The molecule has 0 bridgehead atoms. The van der Waals surface area contributed by atoms with Crippen molar-refractivity contribution in [2.45, 2.75) is 0 Å². The molecule has 0 atom stereocenters. The molecule has 0 aromatic carbocycles. The van der Waals surface area contributed by atoms with Gasteiger partial charge in [0.15, 0.2) is 6.19 Å². The average molecular weight is 159 g/mol. The van der Waals surface area contributed by atoms with E-state index in [0.29, 0.717) is 0 Å². The molecule has 10 heavy (non-hydrogen) atoms. The number of nitriles is 1. The van der Waals surface area contributed by atoms with Gasteiger partial charge in [-0.2, -0.15) is 15.5 Å². The molecular formula is C4H2KN5. The fourth-order valence-electron chi connectivity index (χ4n) is 0.329. The summed E-state index contributed by atoms with van der Waals surface area (Å²) in [5.41, 5.74) is 0. The Morgan fingerprint density at radius 2 is 2.50 bits per heavy atom. The Morgan fingerprint density at radius 1 is 1.70 bits per heavy atom. The monoisotopic (exact) mass is 159 g/mol. The fraction of sp³-hybridized carbons (Fsp3) is 0. The maximum absolute atomic E-state index is 8.05.